The number of nitrogens with zero attached hydrogens (tertiary/aromatic N) is 1. The van der Waals surface area contributed by atoms with Gasteiger partial charge >= 0.3 is 0 Å². The minimum atomic E-state index is -3.39. The summed E-state index contributed by atoms with van der Waals surface area (Å²) in [5, 5.41) is 1.76. The van der Waals surface area contributed by atoms with E-state index in [-0.39, 0.29) is 6.04 Å². The van der Waals surface area contributed by atoms with E-state index in [1.165, 1.54) is 11.3 Å². The van der Waals surface area contributed by atoms with Crippen molar-refractivity contribution in [2.24, 2.45) is 0 Å². The zero-order valence-corrected chi connectivity index (χ0v) is 13.1. The first-order valence-corrected chi connectivity index (χ1v) is 8.68. The Morgan fingerprint density at radius 2 is 1.90 bits per heavy atom. The fourth-order valence-electron chi connectivity index (χ4n) is 1.77. The van der Waals surface area contributed by atoms with Crippen LogP contribution in [-0.4, -0.2) is 28.1 Å². The van der Waals surface area contributed by atoms with Crippen LogP contribution in [-0.2, 0) is 10.0 Å². The number of hydrogen-bond acceptors (Lipinski definition) is 4. The molecule has 20 heavy (non-hydrogen) atoms. The summed E-state index contributed by atoms with van der Waals surface area (Å²) < 4.78 is 27.1. The summed E-state index contributed by atoms with van der Waals surface area (Å²) in [6.07, 6.45) is 0. The first-order valence-electron chi connectivity index (χ1n) is 6.32. The van der Waals surface area contributed by atoms with Gasteiger partial charge in [-0.2, -0.15) is 0 Å². The molecule has 1 atom stereocenters. The second-order valence-electron chi connectivity index (χ2n) is 4.58. The van der Waals surface area contributed by atoms with E-state index in [1.807, 2.05) is 44.3 Å². The molecular weight excluding hydrogens is 292 g/mol. The highest BCUT2D eigenvalue weighted by atomic mass is 32.2. The van der Waals surface area contributed by atoms with Crippen LogP contribution in [0, 0.1) is 0 Å². The van der Waals surface area contributed by atoms with Gasteiger partial charge in [-0.1, -0.05) is 24.3 Å². The maximum absolute atomic E-state index is 12.0. The standard InChI is InChI=1S/C14H18N2O2S2/c1-12(16(2)13-7-4-3-5-8-13)11-15-20(17,18)14-9-6-10-19-14/h3-10,12,15H,11H2,1-2H3/t12-/m0/s1. The fraction of sp³-hybridized carbons (Fsp3) is 0.286. The summed E-state index contributed by atoms with van der Waals surface area (Å²) in [5.41, 5.74) is 1.07. The monoisotopic (exact) mass is 310 g/mol. The summed E-state index contributed by atoms with van der Waals surface area (Å²) in [6.45, 7) is 2.36. The van der Waals surface area contributed by atoms with E-state index in [4.69, 9.17) is 0 Å². The Balaban J connectivity index is 1.97. The molecule has 0 unspecified atom stereocenters. The van der Waals surface area contributed by atoms with Crippen molar-refractivity contribution in [3.8, 4) is 0 Å². The second kappa shape index (κ2) is 6.39. The lowest BCUT2D eigenvalue weighted by atomic mass is 10.2. The Labute approximate surface area is 124 Å². The molecule has 1 aromatic carbocycles. The quantitative estimate of drug-likeness (QED) is 0.892. The summed E-state index contributed by atoms with van der Waals surface area (Å²) in [6, 6.07) is 13.3. The fourth-order valence-corrected chi connectivity index (χ4v) is 3.93. The lowest BCUT2D eigenvalue weighted by Gasteiger charge is -2.27. The van der Waals surface area contributed by atoms with Crippen molar-refractivity contribution in [3.63, 3.8) is 0 Å². The van der Waals surface area contributed by atoms with Crippen LogP contribution in [0.15, 0.2) is 52.1 Å². The van der Waals surface area contributed by atoms with Crippen LogP contribution < -0.4 is 9.62 Å². The topological polar surface area (TPSA) is 49.4 Å². The number of benzene rings is 1. The van der Waals surface area contributed by atoms with Crippen LogP contribution in [0.1, 0.15) is 6.92 Å². The average molecular weight is 310 g/mol. The molecule has 0 fully saturated rings. The van der Waals surface area contributed by atoms with Crippen LogP contribution in [0.2, 0.25) is 0 Å². The van der Waals surface area contributed by atoms with Crippen molar-refractivity contribution < 1.29 is 8.42 Å². The zero-order valence-electron chi connectivity index (χ0n) is 11.5. The van der Waals surface area contributed by atoms with Gasteiger partial charge in [0.1, 0.15) is 4.21 Å². The third-order valence-corrected chi connectivity index (χ3v) is 5.97. The number of sulfonamides is 1. The molecule has 6 heteroatoms. The SMILES string of the molecule is C[C@@H](CNS(=O)(=O)c1cccs1)N(C)c1ccccc1. The smallest absolute Gasteiger partial charge is 0.250 e. The van der Waals surface area contributed by atoms with Crippen LogP contribution in [0.3, 0.4) is 0 Å². The van der Waals surface area contributed by atoms with Gasteiger partial charge < -0.3 is 4.90 Å². The molecule has 0 bridgehead atoms. The molecule has 2 aromatic rings. The van der Waals surface area contributed by atoms with Crippen LogP contribution in [0.4, 0.5) is 5.69 Å². The summed E-state index contributed by atoms with van der Waals surface area (Å²) >= 11 is 1.22. The number of hydrogen-bond donors (Lipinski definition) is 1. The predicted octanol–water partition coefficient (Wildman–Crippen LogP) is 2.55. The van der Waals surface area contributed by atoms with Crippen LogP contribution in [0.25, 0.3) is 0 Å². The van der Waals surface area contributed by atoms with Gasteiger partial charge in [0, 0.05) is 25.3 Å². The van der Waals surface area contributed by atoms with E-state index in [9.17, 15) is 8.42 Å². The maximum atomic E-state index is 12.0. The zero-order chi connectivity index (χ0) is 14.6. The Bertz CT molecular complexity index is 624. The number of nitrogens with one attached hydrogen (secondary N) is 1. The van der Waals surface area contributed by atoms with Crippen molar-refractivity contribution in [1.29, 1.82) is 0 Å². The number of anilines is 1. The average Bonchev–Trinajstić information content (AvgIpc) is 3.00. The van der Waals surface area contributed by atoms with Gasteiger partial charge in [-0.05, 0) is 30.5 Å². The van der Waals surface area contributed by atoms with Gasteiger partial charge in [0.2, 0.25) is 10.0 Å². The molecule has 108 valence electrons. The first-order chi connectivity index (χ1) is 9.50. The predicted molar refractivity (Wildman–Crippen MR) is 83.8 cm³/mol. The number of rotatable bonds is 6. The Morgan fingerprint density at radius 3 is 2.50 bits per heavy atom. The molecular formula is C14H18N2O2S2. The lowest BCUT2D eigenvalue weighted by molar-refractivity contribution is 0.572. The van der Waals surface area contributed by atoms with Gasteiger partial charge in [-0.25, -0.2) is 13.1 Å². The molecule has 0 radical (unpaired) electrons. The molecule has 1 heterocycles. The Kier molecular flexibility index (Phi) is 4.80. The molecule has 0 saturated carbocycles. The second-order valence-corrected chi connectivity index (χ2v) is 7.52. The van der Waals surface area contributed by atoms with Crippen molar-refractivity contribution in [2.45, 2.75) is 17.2 Å². The highest BCUT2D eigenvalue weighted by Gasteiger charge is 2.17. The number of likely N-dealkylation sites (N-methyl/N-ethyl adjacent to an activating group) is 1. The molecule has 0 aliphatic carbocycles. The minimum absolute atomic E-state index is 0.0622. The van der Waals surface area contributed by atoms with E-state index in [0.29, 0.717) is 10.8 Å². The normalized spacial score (nSPS) is 13.1. The van der Waals surface area contributed by atoms with E-state index in [0.717, 1.165) is 5.69 Å². The Morgan fingerprint density at radius 1 is 1.20 bits per heavy atom. The molecule has 0 amide bonds. The van der Waals surface area contributed by atoms with Crippen molar-refractivity contribution >= 4 is 27.0 Å². The minimum Gasteiger partial charge on any atom is -0.371 e. The molecule has 1 N–H and O–H groups in total. The van der Waals surface area contributed by atoms with Gasteiger partial charge in [0.05, 0.1) is 0 Å². The molecule has 0 spiro atoms. The molecule has 0 aliphatic heterocycles. The van der Waals surface area contributed by atoms with Crippen LogP contribution >= 0.6 is 11.3 Å². The Hall–Kier alpha value is -1.37. The maximum Gasteiger partial charge on any atom is 0.250 e. The number of para-hydroxylation sites is 1. The third-order valence-electron chi connectivity index (χ3n) is 3.15. The largest absolute Gasteiger partial charge is 0.371 e. The summed E-state index contributed by atoms with van der Waals surface area (Å²) in [4.78, 5) is 2.05. The van der Waals surface area contributed by atoms with E-state index in [2.05, 4.69) is 9.62 Å². The van der Waals surface area contributed by atoms with E-state index < -0.39 is 10.0 Å². The highest BCUT2D eigenvalue weighted by molar-refractivity contribution is 7.91. The first kappa shape index (κ1) is 15.0. The molecule has 0 saturated heterocycles. The van der Waals surface area contributed by atoms with Gasteiger partial charge in [-0.3, -0.25) is 0 Å². The van der Waals surface area contributed by atoms with Gasteiger partial charge in [0.15, 0.2) is 0 Å². The van der Waals surface area contributed by atoms with Crippen LogP contribution in [0.5, 0.6) is 0 Å². The van der Waals surface area contributed by atoms with Gasteiger partial charge in [-0.15, -0.1) is 11.3 Å². The lowest BCUT2D eigenvalue weighted by Crippen LogP contribution is -2.40. The molecule has 1 aromatic heterocycles. The molecule has 0 aliphatic rings. The van der Waals surface area contributed by atoms with Crippen molar-refractivity contribution in [3.05, 3.63) is 47.8 Å². The van der Waals surface area contributed by atoms with Crippen molar-refractivity contribution in [2.75, 3.05) is 18.5 Å². The van der Waals surface area contributed by atoms with Crippen molar-refractivity contribution in [1.82, 2.24) is 4.72 Å². The third kappa shape index (κ3) is 3.59. The van der Waals surface area contributed by atoms with E-state index >= 15 is 0 Å². The summed E-state index contributed by atoms with van der Waals surface area (Å²) in [5.74, 6) is 0. The molecule has 2 rings (SSSR count). The van der Waals surface area contributed by atoms with Gasteiger partial charge in [0.25, 0.3) is 0 Å². The highest BCUT2D eigenvalue weighted by Crippen LogP contribution is 2.17. The number of thiophene rings is 1. The summed E-state index contributed by atoms with van der Waals surface area (Å²) in [7, 11) is -1.43. The molecule has 4 nitrogen and oxygen atoms in total. The van der Waals surface area contributed by atoms with E-state index in [1.54, 1.807) is 17.5 Å².